The molecule has 2 aromatic carbocycles. The minimum atomic E-state index is -3.29. The van der Waals surface area contributed by atoms with E-state index < -0.39 is 10.0 Å². The SMILES string of the molecule is CC1CCCN(c2ccc(CNC(=O)c3cccc(N4CCCCS4(=O)=O)c3)cc2)C1. The van der Waals surface area contributed by atoms with Crippen LogP contribution in [0.4, 0.5) is 11.4 Å². The predicted octanol–water partition coefficient (Wildman–Crippen LogP) is 3.78. The van der Waals surface area contributed by atoms with Crippen molar-refractivity contribution >= 4 is 27.3 Å². The maximum Gasteiger partial charge on any atom is 0.251 e. The number of anilines is 2. The molecule has 4 rings (SSSR count). The van der Waals surface area contributed by atoms with Crippen LogP contribution in [0.2, 0.25) is 0 Å². The molecule has 2 saturated heterocycles. The Bertz CT molecular complexity index is 1020. The number of carbonyl (C=O) groups excluding carboxylic acids is 1. The Morgan fingerprint density at radius 3 is 2.58 bits per heavy atom. The number of sulfonamides is 1. The molecule has 0 spiro atoms. The molecule has 0 aliphatic carbocycles. The Labute approximate surface area is 185 Å². The van der Waals surface area contributed by atoms with Crippen molar-refractivity contribution in [2.75, 3.05) is 34.6 Å². The molecule has 1 amide bonds. The van der Waals surface area contributed by atoms with Crippen molar-refractivity contribution in [3.05, 3.63) is 59.7 Å². The van der Waals surface area contributed by atoms with Crippen molar-refractivity contribution in [3.63, 3.8) is 0 Å². The Morgan fingerprint density at radius 1 is 1.03 bits per heavy atom. The lowest BCUT2D eigenvalue weighted by molar-refractivity contribution is 0.0951. The summed E-state index contributed by atoms with van der Waals surface area (Å²) in [7, 11) is -3.29. The summed E-state index contributed by atoms with van der Waals surface area (Å²) < 4.78 is 26.1. The molecule has 1 N–H and O–H groups in total. The van der Waals surface area contributed by atoms with E-state index in [1.165, 1.54) is 22.8 Å². The largest absolute Gasteiger partial charge is 0.371 e. The lowest BCUT2D eigenvalue weighted by Gasteiger charge is -2.32. The van der Waals surface area contributed by atoms with Gasteiger partial charge in [0.1, 0.15) is 0 Å². The van der Waals surface area contributed by atoms with Gasteiger partial charge in [-0.2, -0.15) is 0 Å². The van der Waals surface area contributed by atoms with E-state index in [0.29, 0.717) is 30.8 Å². The van der Waals surface area contributed by atoms with Crippen LogP contribution < -0.4 is 14.5 Å². The number of hydrogen-bond acceptors (Lipinski definition) is 4. The first kappa shape index (κ1) is 21.7. The molecule has 0 radical (unpaired) electrons. The Balaban J connectivity index is 1.38. The van der Waals surface area contributed by atoms with Gasteiger partial charge in [-0.25, -0.2) is 8.42 Å². The number of rotatable bonds is 5. The Kier molecular flexibility index (Phi) is 6.51. The number of benzene rings is 2. The number of amides is 1. The number of nitrogens with one attached hydrogen (secondary N) is 1. The van der Waals surface area contributed by atoms with Crippen LogP contribution in [0.25, 0.3) is 0 Å². The highest BCUT2D eigenvalue weighted by Crippen LogP contribution is 2.25. The predicted molar refractivity (Wildman–Crippen MR) is 125 cm³/mol. The summed E-state index contributed by atoms with van der Waals surface area (Å²) in [5.41, 5.74) is 3.30. The minimum absolute atomic E-state index is 0.162. The first-order valence-corrected chi connectivity index (χ1v) is 12.8. The topological polar surface area (TPSA) is 69.7 Å². The molecule has 0 saturated carbocycles. The van der Waals surface area contributed by atoms with E-state index in [2.05, 4.69) is 41.4 Å². The smallest absolute Gasteiger partial charge is 0.251 e. The summed E-state index contributed by atoms with van der Waals surface area (Å²) in [6.07, 6.45) is 4.05. The van der Waals surface area contributed by atoms with Crippen LogP contribution >= 0.6 is 0 Å². The minimum Gasteiger partial charge on any atom is -0.371 e. The summed E-state index contributed by atoms with van der Waals surface area (Å²) in [6, 6.07) is 15.2. The van der Waals surface area contributed by atoms with Gasteiger partial charge >= 0.3 is 0 Å². The van der Waals surface area contributed by atoms with Crippen molar-refractivity contribution in [3.8, 4) is 0 Å². The summed E-state index contributed by atoms with van der Waals surface area (Å²) in [5.74, 6) is 0.684. The molecule has 1 atom stereocenters. The molecule has 7 heteroatoms. The van der Waals surface area contributed by atoms with E-state index in [1.54, 1.807) is 24.3 Å². The van der Waals surface area contributed by atoms with E-state index in [4.69, 9.17) is 0 Å². The lowest BCUT2D eigenvalue weighted by Crippen LogP contribution is -2.38. The summed E-state index contributed by atoms with van der Waals surface area (Å²) in [4.78, 5) is 15.1. The fourth-order valence-electron chi connectivity index (χ4n) is 4.41. The second-order valence-electron chi connectivity index (χ2n) is 8.69. The number of piperidine rings is 1. The van der Waals surface area contributed by atoms with Crippen LogP contribution in [0.5, 0.6) is 0 Å². The van der Waals surface area contributed by atoms with Gasteiger partial charge in [-0.15, -0.1) is 0 Å². The first-order chi connectivity index (χ1) is 14.9. The third kappa shape index (κ3) is 5.21. The fraction of sp³-hybridized carbons (Fsp3) is 0.458. The van der Waals surface area contributed by atoms with Gasteiger partial charge in [0.2, 0.25) is 10.0 Å². The molecular weight excluding hydrogens is 410 g/mol. The van der Waals surface area contributed by atoms with Crippen LogP contribution in [-0.4, -0.2) is 39.7 Å². The molecule has 0 bridgehead atoms. The van der Waals surface area contributed by atoms with Crippen LogP contribution in [0.1, 0.15) is 48.5 Å². The maximum atomic E-state index is 12.7. The fourth-order valence-corrected chi connectivity index (χ4v) is 6.05. The quantitative estimate of drug-likeness (QED) is 0.767. The monoisotopic (exact) mass is 441 g/mol. The second kappa shape index (κ2) is 9.30. The van der Waals surface area contributed by atoms with Crippen molar-refractivity contribution in [1.29, 1.82) is 0 Å². The van der Waals surface area contributed by atoms with Gasteiger partial charge < -0.3 is 10.2 Å². The van der Waals surface area contributed by atoms with Crippen LogP contribution in [0.3, 0.4) is 0 Å². The Morgan fingerprint density at radius 2 is 1.84 bits per heavy atom. The lowest BCUT2D eigenvalue weighted by atomic mass is 9.99. The van der Waals surface area contributed by atoms with E-state index in [-0.39, 0.29) is 11.7 Å². The molecule has 2 aromatic rings. The molecule has 2 aliphatic rings. The molecule has 6 nitrogen and oxygen atoms in total. The van der Waals surface area contributed by atoms with Crippen molar-refractivity contribution in [2.24, 2.45) is 5.92 Å². The van der Waals surface area contributed by atoms with Crippen molar-refractivity contribution in [1.82, 2.24) is 5.32 Å². The second-order valence-corrected chi connectivity index (χ2v) is 10.7. The van der Waals surface area contributed by atoms with E-state index in [9.17, 15) is 13.2 Å². The molecule has 31 heavy (non-hydrogen) atoms. The van der Waals surface area contributed by atoms with Crippen LogP contribution in [-0.2, 0) is 16.6 Å². The zero-order valence-electron chi connectivity index (χ0n) is 18.1. The van der Waals surface area contributed by atoms with Crippen molar-refractivity contribution in [2.45, 2.75) is 39.2 Å². The Hall–Kier alpha value is -2.54. The number of carbonyl (C=O) groups is 1. The average molecular weight is 442 g/mol. The summed E-state index contributed by atoms with van der Waals surface area (Å²) in [6.45, 7) is 5.39. The third-order valence-electron chi connectivity index (χ3n) is 6.16. The average Bonchev–Trinajstić information content (AvgIpc) is 2.77. The third-order valence-corrected chi connectivity index (χ3v) is 8.03. The normalized spacial score (nSPS) is 21.0. The highest BCUT2D eigenvalue weighted by atomic mass is 32.2. The molecule has 2 heterocycles. The van der Waals surface area contributed by atoms with Gasteiger partial charge in [0.15, 0.2) is 0 Å². The van der Waals surface area contributed by atoms with Crippen LogP contribution in [0.15, 0.2) is 48.5 Å². The highest BCUT2D eigenvalue weighted by Gasteiger charge is 2.26. The molecule has 2 fully saturated rings. The van der Waals surface area contributed by atoms with Gasteiger partial charge in [-0.3, -0.25) is 9.10 Å². The highest BCUT2D eigenvalue weighted by molar-refractivity contribution is 7.92. The molecule has 1 unspecified atom stereocenters. The standard InChI is InChI=1S/C24H31N3O3S/c1-19-6-5-13-26(18-19)22-11-9-20(10-12-22)17-25-24(28)21-7-4-8-23(16-21)27-14-2-3-15-31(27,29)30/h4,7-12,16,19H,2-3,5-6,13-15,17-18H2,1H3,(H,25,28). The molecule has 0 aromatic heterocycles. The molecular formula is C24H31N3O3S. The van der Waals surface area contributed by atoms with E-state index in [1.807, 2.05) is 0 Å². The summed E-state index contributed by atoms with van der Waals surface area (Å²) in [5, 5.41) is 2.95. The van der Waals surface area contributed by atoms with E-state index >= 15 is 0 Å². The van der Waals surface area contributed by atoms with Crippen LogP contribution in [0, 0.1) is 5.92 Å². The zero-order valence-corrected chi connectivity index (χ0v) is 18.9. The number of hydrogen-bond donors (Lipinski definition) is 1. The van der Waals surface area contributed by atoms with Crippen molar-refractivity contribution < 1.29 is 13.2 Å². The van der Waals surface area contributed by atoms with Gasteiger partial charge in [0, 0.05) is 37.4 Å². The maximum absolute atomic E-state index is 12.7. The van der Waals surface area contributed by atoms with Gasteiger partial charge in [0.25, 0.3) is 5.91 Å². The van der Waals surface area contributed by atoms with Gasteiger partial charge in [0.05, 0.1) is 11.4 Å². The van der Waals surface area contributed by atoms with Gasteiger partial charge in [-0.1, -0.05) is 25.1 Å². The van der Waals surface area contributed by atoms with Gasteiger partial charge in [-0.05, 0) is 67.5 Å². The summed E-state index contributed by atoms with van der Waals surface area (Å²) >= 11 is 0. The molecule has 2 aliphatic heterocycles. The molecule has 166 valence electrons. The van der Waals surface area contributed by atoms with E-state index in [0.717, 1.165) is 31.0 Å². The first-order valence-electron chi connectivity index (χ1n) is 11.1. The number of nitrogens with zero attached hydrogens (tertiary/aromatic N) is 2. The zero-order chi connectivity index (χ0) is 21.8.